The van der Waals surface area contributed by atoms with E-state index < -0.39 is 0 Å². The zero-order valence-electron chi connectivity index (χ0n) is 17.7. The number of aliphatic imine (C=N–C) groups is 1. The Morgan fingerprint density at radius 3 is 2.69 bits per heavy atom. The first-order valence-corrected chi connectivity index (χ1v) is 11.6. The lowest BCUT2D eigenvalue weighted by Crippen LogP contribution is -2.47. The minimum atomic E-state index is 0. The van der Waals surface area contributed by atoms with Crippen molar-refractivity contribution in [2.75, 3.05) is 39.4 Å². The van der Waals surface area contributed by atoms with E-state index >= 15 is 0 Å². The molecule has 0 aromatic heterocycles. The van der Waals surface area contributed by atoms with Crippen molar-refractivity contribution in [2.45, 2.75) is 61.9 Å². The Balaban J connectivity index is 0.00000300. The second-order valence-electron chi connectivity index (χ2n) is 7.59. The van der Waals surface area contributed by atoms with E-state index in [1.165, 1.54) is 11.3 Å². The van der Waals surface area contributed by atoms with Gasteiger partial charge in [-0.05, 0) is 44.7 Å². The number of hydrogen-bond acceptors (Lipinski definition) is 4. The van der Waals surface area contributed by atoms with Gasteiger partial charge >= 0.3 is 0 Å². The molecule has 0 amide bonds. The van der Waals surface area contributed by atoms with Crippen molar-refractivity contribution in [3.8, 4) is 0 Å². The normalized spacial score (nSPS) is 21.7. The summed E-state index contributed by atoms with van der Waals surface area (Å²) in [5.41, 5.74) is 0. The second kappa shape index (κ2) is 13.7. The Morgan fingerprint density at radius 1 is 1.28 bits per heavy atom. The molecule has 2 saturated heterocycles. The fraction of sp³-hybridized carbons (Fsp3) is 0.682. The summed E-state index contributed by atoms with van der Waals surface area (Å²) in [7, 11) is 0. The third kappa shape index (κ3) is 8.63. The number of hydrogen-bond donors (Lipinski definition) is 1. The fourth-order valence-corrected chi connectivity index (χ4v) is 4.59. The molecule has 0 aliphatic carbocycles. The van der Waals surface area contributed by atoms with Gasteiger partial charge in [-0.2, -0.15) is 0 Å². The van der Waals surface area contributed by atoms with Gasteiger partial charge in [-0.15, -0.1) is 35.7 Å². The lowest BCUT2D eigenvalue weighted by Gasteiger charge is -2.34. The van der Waals surface area contributed by atoms with Gasteiger partial charge in [0.15, 0.2) is 5.96 Å². The average Bonchev–Trinajstić information content (AvgIpc) is 3.24. The highest BCUT2D eigenvalue weighted by Crippen LogP contribution is 2.23. The predicted octanol–water partition coefficient (Wildman–Crippen LogP) is 4.41. The average molecular weight is 534 g/mol. The van der Waals surface area contributed by atoms with Crippen LogP contribution < -0.4 is 5.32 Å². The standard InChI is InChI=1S/C22H35N3O2S.HI/c1-3-23-22(24-16-18(2)28-21-9-5-4-6-10-21)25-13-11-19(12-14-25)27-17-20-8-7-15-26-20;/h4-6,9-10,18-20H,3,7-8,11-17H2,1-2H3,(H,23,24);1H. The van der Waals surface area contributed by atoms with Crippen LogP contribution in [0.1, 0.15) is 39.5 Å². The molecule has 2 aliphatic rings. The van der Waals surface area contributed by atoms with Gasteiger partial charge in [0.05, 0.1) is 25.4 Å². The van der Waals surface area contributed by atoms with Gasteiger partial charge in [-0.25, -0.2) is 0 Å². The smallest absolute Gasteiger partial charge is 0.193 e. The molecule has 3 rings (SSSR count). The van der Waals surface area contributed by atoms with Crippen LogP contribution in [0.5, 0.6) is 0 Å². The minimum absolute atomic E-state index is 0. The van der Waals surface area contributed by atoms with E-state index in [0.29, 0.717) is 17.5 Å². The molecule has 2 heterocycles. The highest BCUT2D eigenvalue weighted by molar-refractivity contribution is 14.0. The SMILES string of the molecule is CCNC(=NCC(C)Sc1ccccc1)N1CCC(OCC2CCCO2)CC1.I. The van der Waals surface area contributed by atoms with Crippen molar-refractivity contribution in [1.82, 2.24) is 10.2 Å². The molecule has 1 N–H and O–H groups in total. The summed E-state index contributed by atoms with van der Waals surface area (Å²) in [6.07, 6.45) is 5.12. The largest absolute Gasteiger partial charge is 0.376 e. The van der Waals surface area contributed by atoms with Gasteiger partial charge in [0.1, 0.15) is 0 Å². The van der Waals surface area contributed by atoms with Gasteiger partial charge in [0.25, 0.3) is 0 Å². The summed E-state index contributed by atoms with van der Waals surface area (Å²) >= 11 is 1.88. The number of rotatable bonds is 8. The monoisotopic (exact) mass is 533 g/mol. The van der Waals surface area contributed by atoms with Crippen molar-refractivity contribution >= 4 is 41.7 Å². The van der Waals surface area contributed by atoms with Crippen LogP contribution in [0.4, 0.5) is 0 Å². The quantitative estimate of drug-likeness (QED) is 0.232. The number of likely N-dealkylation sites (tertiary alicyclic amines) is 1. The number of nitrogens with zero attached hydrogens (tertiary/aromatic N) is 2. The molecule has 2 unspecified atom stereocenters. The molecular weight excluding hydrogens is 497 g/mol. The maximum absolute atomic E-state index is 6.10. The summed E-state index contributed by atoms with van der Waals surface area (Å²) in [4.78, 5) is 8.61. The van der Waals surface area contributed by atoms with Crippen LogP contribution in [-0.2, 0) is 9.47 Å². The third-order valence-corrected chi connectivity index (χ3v) is 6.29. The Labute approximate surface area is 197 Å². The molecule has 0 bridgehead atoms. The number of thioether (sulfide) groups is 1. The molecule has 2 atom stereocenters. The molecule has 0 saturated carbocycles. The van der Waals surface area contributed by atoms with E-state index in [4.69, 9.17) is 14.5 Å². The minimum Gasteiger partial charge on any atom is -0.376 e. The second-order valence-corrected chi connectivity index (χ2v) is 9.10. The predicted molar refractivity (Wildman–Crippen MR) is 133 cm³/mol. The molecule has 2 fully saturated rings. The summed E-state index contributed by atoms with van der Waals surface area (Å²) in [5.74, 6) is 1.04. The summed E-state index contributed by atoms with van der Waals surface area (Å²) in [6, 6.07) is 10.6. The summed E-state index contributed by atoms with van der Waals surface area (Å²) in [5, 5.41) is 3.92. The molecule has 29 heavy (non-hydrogen) atoms. The van der Waals surface area contributed by atoms with Gasteiger partial charge in [-0.3, -0.25) is 4.99 Å². The first-order valence-electron chi connectivity index (χ1n) is 10.7. The lowest BCUT2D eigenvalue weighted by molar-refractivity contribution is -0.0367. The molecule has 1 aromatic rings. The topological polar surface area (TPSA) is 46.1 Å². The first-order chi connectivity index (χ1) is 13.7. The maximum Gasteiger partial charge on any atom is 0.193 e. The van der Waals surface area contributed by atoms with Crippen LogP contribution in [0.2, 0.25) is 0 Å². The maximum atomic E-state index is 6.10. The Hall–Kier alpha value is -0.510. The number of ether oxygens (including phenoxy) is 2. The zero-order valence-corrected chi connectivity index (χ0v) is 20.9. The molecule has 0 spiro atoms. The van der Waals surface area contributed by atoms with Gasteiger partial charge in [0.2, 0.25) is 0 Å². The van der Waals surface area contributed by atoms with Crippen LogP contribution in [0, 0.1) is 0 Å². The van der Waals surface area contributed by atoms with Crippen molar-refractivity contribution in [3.05, 3.63) is 30.3 Å². The van der Waals surface area contributed by atoms with Crippen LogP contribution in [-0.4, -0.2) is 67.7 Å². The Bertz CT molecular complexity index is 591. The molecule has 7 heteroatoms. The third-order valence-electron chi connectivity index (χ3n) is 5.20. The van der Waals surface area contributed by atoms with E-state index in [1.807, 2.05) is 11.8 Å². The van der Waals surface area contributed by atoms with Crippen molar-refractivity contribution in [1.29, 1.82) is 0 Å². The van der Waals surface area contributed by atoms with Gasteiger partial charge < -0.3 is 19.7 Å². The van der Waals surface area contributed by atoms with Crippen molar-refractivity contribution in [3.63, 3.8) is 0 Å². The Kier molecular flexibility index (Phi) is 11.7. The Morgan fingerprint density at radius 2 is 2.03 bits per heavy atom. The number of nitrogens with one attached hydrogen (secondary N) is 1. The molecule has 1 aromatic carbocycles. The number of guanidine groups is 1. The molecule has 5 nitrogen and oxygen atoms in total. The summed E-state index contributed by atoms with van der Waals surface area (Å²) in [6.45, 7) is 9.75. The van der Waals surface area contributed by atoms with Crippen molar-refractivity contribution < 1.29 is 9.47 Å². The lowest BCUT2D eigenvalue weighted by atomic mass is 10.1. The van der Waals surface area contributed by atoms with Crippen molar-refractivity contribution in [2.24, 2.45) is 4.99 Å². The number of halogens is 1. The summed E-state index contributed by atoms with van der Waals surface area (Å²) < 4.78 is 11.8. The van der Waals surface area contributed by atoms with Gasteiger partial charge in [0, 0.05) is 36.4 Å². The van der Waals surface area contributed by atoms with Gasteiger partial charge in [-0.1, -0.05) is 25.1 Å². The van der Waals surface area contributed by atoms with E-state index in [9.17, 15) is 0 Å². The van der Waals surface area contributed by atoms with E-state index in [0.717, 1.165) is 64.6 Å². The number of piperidine rings is 1. The van der Waals surface area contributed by atoms with E-state index in [-0.39, 0.29) is 24.0 Å². The van der Waals surface area contributed by atoms with Crippen LogP contribution in [0.15, 0.2) is 40.2 Å². The first kappa shape index (κ1) is 24.8. The van der Waals surface area contributed by atoms with E-state index in [1.54, 1.807) is 0 Å². The number of benzene rings is 1. The van der Waals surface area contributed by atoms with Crippen LogP contribution in [0.25, 0.3) is 0 Å². The molecular formula is C22H36IN3O2S. The molecule has 0 radical (unpaired) electrons. The fourth-order valence-electron chi connectivity index (χ4n) is 3.66. The van der Waals surface area contributed by atoms with E-state index in [2.05, 4.69) is 54.4 Å². The van der Waals surface area contributed by atoms with Crippen LogP contribution >= 0.6 is 35.7 Å². The van der Waals surface area contributed by atoms with Crippen LogP contribution in [0.3, 0.4) is 0 Å². The molecule has 2 aliphatic heterocycles. The zero-order chi connectivity index (χ0) is 19.6. The molecule has 164 valence electrons. The highest BCUT2D eigenvalue weighted by Gasteiger charge is 2.24. The highest BCUT2D eigenvalue weighted by atomic mass is 127.